The van der Waals surface area contributed by atoms with E-state index in [2.05, 4.69) is 10.6 Å². The first kappa shape index (κ1) is 15.8. The molecule has 4 heteroatoms. The van der Waals surface area contributed by atoms with Gasteiger partial charge >= 0.3 is 0 Å². The molecule has 1 unspecified atom stereocenters. The highest BCUT2D eigenvalue weighted by Gasteiger charge is 2.33. The van der Waals surface area contributed by atoms with Crippen LogP contribution >= 0.6 is 0 Å². The van der Waals surface area contributed by atoms with Gasteiger partial charge in [0.2, 0.25) is 5.91 Å². The zero-order chi connectivity index (χ0) is 14.3. The molecule has 0 radical (unpaired) electrons. The predicted octanol–water partition coefficient (Wildman–Crippen LogP) is 2.09. The molecule has 2 fully saturated rings. The van der Waals surface area contributed by atoms with Gasteiger partial charge in [-0.2, -0.15) is 0 Å². The average Bonchev–Trinajstić information content (AvgIpc) is 3.13. The minimum absolute atomic E-state index is 0.237. The highest BCUT2D eigenvalue weighted by Crippen LogP contribution is 2.40. The maximum absolute atomic E-state index is 12.0. The van der Waals surface area contributed by atoms with Gasteiger partial charge in [-0.05, 0) is 56.5 Å². The number of methoxy groups -OCH3 is 1. The standard InChI is InChI=1S/C16H30N2O2/c1-20-11-9-16(7-2-3-8-16)13-18-15(19)5-4-14-6-10-17-12-14/h14,17H,2-13H2,1H3,(H,18,19). The third kappa shape index (κ3) is 4.74. The molecule has 0 bridgehead atoms. The Kier molecular flexibility index (Phi) is 6.30. The summed E-state index contributed by atoms with van der Waals surface area (Å²) >= 11 is 0. The second-order valence-corrected chi connectivity index (χ2v) is 6.62. The maximum atomic E-state index is 12.0. The van der Waals surface area contributed by atoms with Crippen LogP contribution in [0.5, 0.6) is 0 Å². The summed E-state index contributed by atoms with van der Waals surface area (Å²) in [6.07, 6.45) is 9.10. The lowest BCUT2D eigenvalue weighted by Crippen LogP contribution is -2.36. The first-order chi connectivity index (χ1) is 9.74. The molecule has 0 aromatic rings. The highest BCUT2D eigenvalue weighted by atomic mass is 16.5. The third-order valence-electron chi connectivity index (χ3n) is 5.10. The van der Waals surface area contributed by atoms with Crippen LogP contribution in [-0.2, 0) is 9.53 Å². The van der Waals surface area contributed by atoms with Crippen LogP contribution in [0.3, 0.4) is 0 Å². The Morgan fingerprint density at radius 3 is 2.85 bits per heavy atom. The monoisotopic (exact) mass is 282 g/mol. The molecule has 20 heavy (non-hydrogen) atoms. The molecule has 2 aliphatic rings. The summed E-state index contributed by atoms with van der Waals surface area (Å²) in [6, 6.07) is 0. The van der Waals surface area contributed by atoms with Gasteiger partial charge in [-0.3, -0.25) is 4.79 Å². The van der Waals surface area contributed by atoms with Crippen molar-refractivity contribution in [2.24, 2.45) is 11.3 Å². The molecule has 0 aromatic carbocycles. The van der Waals surface area contributed by atoms with Gasteiger partial charge in [-0.25, -0.2) is 0 Å². The minimum atomic E-state index is 0.237. The predicted molar refractivity (Wildman–Crippen MR) is 80.6 cm³/mol. The molecule has 0 aromatic heterocycles. The van der Waals surface area contributed by atoms with Crippen LogP contribution in [0.2, 0.25) is 0 Å². The van der Waals surface area contributed by atoms with E-state index in [0.29, 0.717) is 17.8 Å². The van der Waals surface area contributed by atoms with Crippen LogP contribution in [0.15, 0.2) is 0 Å². The van der Waals surface area contributed by atoms with Crippen molar-refractivity contribution in [2.75, 3.05) is 33.4 Å². The average molecular weight is 282 g/mol. The number of carbonyl (C=O) groups is 1. The number of ether oxygens (including phenoxy) is 1. The molecule has 1 aliphatic heterocycles. The van der Waals surface area contributed by atoms with Crippen molar-refractivity contribution in [1.82, 2.24) is 10.6 Å². The van der Waals surface area contributed by atoms with Crippen LogP contribution in [0, 0.1) is 11.3 Å². The Balaban J connectivity index is 1.67. The van der Waals surface area contributed by atoms with Crippen molar-refractivity contribution in [3.63, 3.8) is 0 Å². The van der Waals surface area contributed by atoms with E-state index in [1.165, 1.54) is 32.1 Å². The van der Waals surface area contributed by atoms with E-state index >= 15 is 0 Å². The summed E-state index contributed by atoms with van der Waals surface area (Å²) in [5.74, 6) is 0.940. The molecule has 1 heterocycles. The van der Waals surface area contributed by atoms with Crippen LogP contribution in [0.25, 0.3) is 0 Å². The molecule has 1 aliphatic carbocycles. The van der Waals surface area contributed by atoms with E-state index in [1.54, 1.807) is 7.11 Å². The van der Waals surface area contributed by atoms with Crippen LogP contribution in [0.1, 0.15) is 51.4 Å². The number of nitrogens with one attached hydrogen (secondary N) is 2. The fourth-order valence-electron chi connectivity index (χ4n) is 3.63. The lowest BCUT2D eigenvalue weighted by atomic mass is 9.83. The molecule has 1 amide bonds. The summed E-state index contributed by atoms with van der Waals surface area (Å²) in [4.78, 5) is 12.0. The molecular weight excluding hydrogens is 252 g/mol. The van der Waals surface area contributed by atoms with Crippen molar-refractivity contribution in [3.8, 4) is 0 Å². The Bertz CT molecular complexity index is 295. The molecule has 1 saturated carbocycles. The van der Waals surface area contributed by atoms with Crippen molar-refractivity contribution in [2.45, 2.75) is 51.4 Å². The van der Waals surface area contributed by atoms with Gasteiger partial charge in [0.15, 0.2) is 0 Å². The maximum Gasteiger partial charge on any atom is 0.220 e. The topological polar surface area (TPSA) is 50.4 Å². The van der Waals surface area contributed by atoms with Crippen molar-refractivity contribution in [1.29, 1.82) is 0 Å². The minimum Gasteiger partial charge on any atom is -0.385 e. The molecule has 116 valence electrons. The Labute approximate surface area is 123 Å². The van der Waals surface area contributed by atoms with E-state index in [-0.39, 0.29) is 5.91 Å². The Hall–Kier alpha value is -0.610. The Morgan fingerprint density at radius 1 is 1.40 bits per heavy atom. The molecule has 2 rings (SSSR count). The van der Waals surface area contributed by atoms with Gasteiger partial charge < -0.3 is 15.4 Å². The molecule has 4 nitrogen and oxygen atoms in total. The number of hydrogen-bond acceptors (Lipinski definition) is 3. The van der Waals surface area contributed by atoms with E-state index in [4.69, 9.17) is 4.74 Å². The number of carbonyl (C=O) groups excluding carboxylic acids is 1. The van der Waals surface area contributed by atoms with Gasteiger partial charge in [-0.15, -0.1) is 0 Å². The summed E-state index contributed by atoms with van der Waals surface area (Å²) in [5, 5.41) is 6.54. The molecule has 0 spiro atoms. The molecular formula is C16H30N2O2. The van der Waals surface area contributed by atoms with Crippen molar-refractivity contribution < 1.29 is 9.53 Å². The largest absolute Gasteiger partial charge is 0.385 e. The highest BCUT2D eigenvalue weighted by molar-refractivity contribution is 5.75. The number of amides is 1. The van der Waals surface area contributed by atoms with Crippen molar-refractivity contribution >= 4 is 5.91 Å². The number of hydrogen-bond donors (Lipinski definition) is 2. The lowest BCUT2D eigenvalue weighted by molar-refractivity contribution is -0.122. The lowest BCUT2D eigenvalue weighted by Gasteiger charge is -2.29. The van der Waals surface area contributed by atoms with Crippen molar-refractivity contribution in [3.05, 3.63) is 0 Å². The summed E-state index contributed by atoms with van der Waals surface area (Å²) in [7, 11) is 1.76. The van der Waals surface area contributed by atoms with E-state index < -0.39 is 0 Å². The van der Waals surface area contributed by atoms with Crippen LogP contribution in [-0.4, -0.2) is 39.3 Å². The molecule has 2 N–H and O–H groups in total. The quantitative estimate of drug-likeness (QED) is 0.717. The van der Waals surface area contributed by atoms with Gasteiger partial charge in [0.05, 0.1) is 0 Å². The SMILES string of the molecule is COCCC1(CNC(=O)CCC2CCNC2)CCCC1. The summed E-state index contributed by atoms with van der Waals surface area (Å²) < 4.78 is 5.23. The number of rotatable bonds is 8. The normalized spacial score (nSPS) is 24.9. The van der Waals surface area contributed by atoms with E-state index in [9.17, 15) is 4.79 Å². The van der Waals surface area contributed by atoms with Gasteiger partial charge in [-0.1, -0.05) is 12.8 Å². The second-order valence-electron chi connectivity index (χ2n) is 6.62. The smallest absolute Gasteiger partial charge is 0.220 e. The summed E-state index contributed by atoms with van der Waals surface area (Å²) in [6.45, 7) is 3.86. The molecule has 1 saturated heterocycles. The van der Waals surface area contributed by atoms with Crippen LogP contribution in [0.4, 0.5) is 0 Å². The zero-order valence-electron chi connectivity index (χ0n) is 12.9. The van der Waals surface area contributed by atoms with Gasteiger partial charge in [0.25, 0.3) is 0 Å². The third-order valence-corrected chi connectivity index (χ3v) is 5.10. The first-order valence-electron chi connectivity index (χ1n) is 8.20. The fraction of sp³-hybridized carbons (Fsp3) is 0.938. The van der Waals surface area contributed by atoms with E-state index in [0.717, 1.165) is 39.1 Å². The molecule has 1 atom stereocenters. The first-order valence-corrected chi connectivity index (χ1v) is 8.20. The van der Waals surface area contributed by atoms with Gasteiger partial charge in [0, 0.05) is 26.7 Å². The Morgan fingerprint density at radius 2 is 2.20 bits per heavy atom. The fourth-order valence-corrected chi connectivity index (χ4v) is 3.63. The summed E-state index contributed by atoms with van der Waals surface area (Å²) in [5.41, 5.74) is 0.306. The second kappa shape index (κ2) is 7.99. The zero-order valence-corrected chi connectivity index (χ0v) is 12.9. The van der Waals surface area contributed by atoms with E-state index in [1.807, 2.05) is 0 Å². The van der Waals surface area contributed by atoms with Gasteiger partial charge in [0.1, 0.15) is 0 Å². The van der Waals surface area contributed by atoms with Crippen LogP contribution < -0.4 is 10.6 Å².